The van der Waals surface area contributed by atoms with E-state index in [2.05, 4.69) is 0 Å². The minimum atomic E-state index is -1.16. The zero-order valence-corrected chi connectivity index (χ0v) is 12.1. The Morgan fingerprint density at radius 3 is 2.70 bits per heavy atom. The van der Waals surface area contributed by atoms with Gasteiger partial charge in [-0.05, 0) is 37.7 Å². The van der Waals surface area contributed by atoms with E-state index in [0.717, 1.165) is 44.9 Å². The van der Waals surface area contributed by atoms with Gasteiger partial charge < -0.3 is 10.8 Å². The first-order valence-electron chi connectivity index (χ1n) is 8.03. The van der Waals surface area contributed by atoms with Gasteiger partial charge in [-0.2, -0.15) is 0 Å². The van der Waals surface area contributed by atoms with Crippen LogP contribution in [0.15, 0.2) is 23.3 Å². The second-order valence-corrected chi connectivity index (χ2v) is 6.60. The highest BCUT2D eigenvalue weighted by Gasteiger charge is 2.46. The molecule has 3 heteroatoms. The van der Waals surface area contributed by atoms with Crippen LogP contribution in [0.5, 0.6) is 0 Å². The van der Waals surface area contributed by atoms with Crippen molar-refractivity contribution in [1.82, 2.24) is 0 Å². The predicted octanol–water partition coefficient (Wildman–Crippen LogP) is 2.49. The van der Waals surface area contributed by atoms with Crippen molar-refractivity contribution >= 4 is 5.78 Å². The van der Waals surface area contributed by atoms with Crippen LogP contribution in [0.4, 0.5) is 0 Å². The van der Waals surface area contributed by atoms with Crippen LogP contribution in [0.25, 0.3) is 0 Å². The van der Waals surface area contributed by atoms with E-state index in [1.54, 1.807) is 6.08 Å². The molecule has 3 aliphatic rings. The highest BCUT2D eigenvalue weighted by atomic mass is 16.3. The fourth-order valence-electron chi connectivity index (χ4n) is 4.18. The first-order valence-corrected chi connectivity index (χ1v) is 8.03. The van der Waals surface area contributed by atoms with Crippen LogP contribution < -0.4 is 5.73 Å². The van der Waals surface area contributed by atoms with Gasteiger partial charge >= 0.3 is 0 Å². The third kappa shape index (κ3) is 2.27. The second-order valence-electron chi connectivity index (χ2n) is 6.60. The summed E-state index contributed by atoms with van der Waals surface area (Å²) in [6, 6.07) is 0. The molecule has 0 bridgehead atoms. The molecule has 2 atom stereocenters. The molecule has 0 radical (unpaired) electrons. The first kappa shape index (κ1) is 14.0. The van der Waals surface area contributed by atoms with E-state index in [-0.39, 0.29) is 24.2 Å². The minimum Gasteiger partial charge on any atom is -0.383 e. The molecule has 0 saturated heterocycles. The summed E-state index contributed by atoms with van der Waals surface area (Å²) in [6.07, 6.45) is 12.4. The van der Waals surface area contributed by atoms with Gasteiger partial charge in [-0.15, -0.1) is 0 Å². The van der Waals surface area contributed by atoms with Gasteiger partial charge in [0.25, 0.3) is 0 Å². The molecule has 2 unspecified atom stereocenters. The average molecular weight is 275 g/mol. The molecule has 0 aliphatic heterocycles. The zero-order chi connectivity index (χ0) is 14.2. The zero-order valence-electron chi connectivity index (χ0n) is 12.1. The normalized spacial score (nSPS) is 34.4. The summed E-state index contributed by atoms with van der Waals surface area (Å²) in [5.74, 6) is 0.00201. The van der Waals surface area contributed by atoms with Gasteiger partial charge in [-0.25, -0.2) is 0 Å². The van der Waals surface area contributed by atoms with E-state index < -0.39 is 5.60 Å². The summed E-state index contributed by atoms with van der Waals surface area (Å²) in [7, 11) is 0. The average Bonchev–Trinajstić information content (AvgIpc) is 2.95. The number of hydrogen-bond donors (Lipinski definition) is 2. The third-order valence-electron chi connectivity index (χ3n) is 5.35. The van der Waals surface area contributed by atoms with Crippen molar-refractivity contribution in [2.24, 2.45) is 17.6 Å². The fraction of sp³-hybridized carbons (Fsp3) is 0.706. The van der Waals surface area contributed by atoms with Crippen LogP contribution in [0.1, 0.15) is 51.4 Å². The van der Waals surface area contributed by atoms with E-state index in [9.17, 15) is 9.90 Å². The summed E-state index contributed by atoms with van der Waals surface area (Å²) < 4.78 is 0. The number of Topliss-reactive ketones (excluding diaryl/α,β-unsaturated/α-hetero) is 1. The Bertz CT molecular complexity index is 460. The number of nitrogens with two attached hydrogens (primary N) is 1. The number of allylic oxidation sites excluding steroid dienone is 2. The minimum absolute atomic E-state index is 0.128. The molecular formula is C17H25NO2. The van der Waals surface area contributed by atoms with Crippen LogP contribution in [0.2, 0.25) is 0 Å². The SMILES string of the molecule is NCC1(O)C=CC2=C(CCC2)C1C(=O)C1CCCCC1. The molecule has 3 rings (SSSR count). The molecular weight excluding hydrogens is 250 g/mol. The number of ketones is 1. The molecule has 20 heavy (non-hydrogen) atoms. The van der Waals surface area contributed by atoms with Crippen molar-refractivity contribution in [2.45, 2.75) is 57.0 Å². The highest BCUT2D eigenvalue weighted by molar-refractivity contribution is 5.88. The third-order valence-corrected chi connectivity index (χ3v) is 5.35. The van der Waals surface area contributed by atoms with Gasteiger partial charge in [-0.3, -0.25) is 4.79 Å². The molecule has 0 aromatic rings. The van der Waals surface area contributed by atoms with Gasteiger partial charge in [-0.1, -0.05) is 37.0 Å². The van der Waals surface area contributed by atoms with Gasteiger partial charge in [0, 0.05) is 12.5 Å². The Morgan fingerprint density at radius 2 is 2.00 bits per heavy atom. The number of carbonyl (C=O) groups is 1. The van der Waals surface area contributed by atoms with E-state index >= 15 is 0 Å². The van der Waals surface area contributed by atoms with Crippen LogP contribution in [0, 0.1) is 11.8 Å². The summed E-state index contributed by atoms with van der Waals surface area (Å²) in [5, 5.41) is 10.8. The Balaban J connectivity index is 1.90. The molecule has 0 aromatic carbocycles. The van der Waals surface area contributed by atoms with E-state index in [0.29, 0.717) is 0 Å². The van der Waals surface area contributed by atoms with Crippen LogP contribution >= 0.6 is 0 Å². The second kappa shape index (κ2) is 5.45. The van der Waals surface area contributed by atoms with Crippen molar-refractivity contribution in [3.63, 3.8) is 0 Å². The van der Waals surface area contributed by atoms with Crippen molar-refractivity contribution < 1.29 is 9.90 Å². The van der Waals surface area contributed by atoms with E-state index in [1.807, 2.05) is 6.08 Å². The summed E-state index contributed by atoms with van der Waals surface area (Å²) in [5.41, 5.74) is 7.10. The molecule has 0 heterocycles. The lowest BCUT2D eigenvalue weighted by molar-refractivity contribution is -0.132. The maximum Gasteiger partial charge on any atom is 0.146 e. The maximum atomic E-state index is 13.0. The Hall–Kier alpha value is -0.930. The van der Waals surface area contributed by atoms with Gasteiger partial charge in [0.05, 0.1) is 5.92 Å². The highest BCUT2D eigenvalue weighted by Crippen LogP contribution is 2.44. The molecule has 0 amide bonds. The lowest BCUT2D eigenvalue weighted by Crippen LogP contribution is -2.50. The molecule has 3 nitrogen and oxygen atoms in total. The summed E-state index contributed by atoms with van der Waals surface area (Å²) in [6.45, 7) is 0.128. The monoisotopic (exact) mass is 275 g/mol. The van der Waals surface area contributed by atoms with Gasteiger partial charge in [0.15, 0.2) is 0 Å². The molecule has 3 N–H and O–H groups in total. The number of carbonyl (C=O) groups excluding carboxylic acids is 1. The van der Waals surface area contributed by atoms with Crippen molar-refractivity contribution in [1.29, 1.82) is 0 Å². The van der Waals surface area contributed by atoms with Gasteiger partial charge in [0.2, 0.25) is 0 Å². The number of hydrogen-bond acceptors (Lipinski definition) is 3. The number of rotatable bonds is 3. The van der Waals surface area contributed by atoms with Gasteiger partial charge in [0.1, 0.15) is 11.4 Å². The summed E-state index contributed by atoms with van der Waals surface area (Å²) >= 11 is 0. The van der Waals surface area contributed by atoms with Crippen LogP contribution in [-0.2, 0) is 4.79 Å². The summed E-state index contributed by atoms with van der Waals surface area (Å²) in [4.78, 5) is 13.0. The Morgan fingerprint density at radius 1 is 1.25 bits per heavy atom. The topological polar surface area (TPSA) is 63.3 Å². The molecule has 1 fully saturated rings. The van der Waals surface area contributed by atoms with Crippen molar-refractivity contribution in [3.05, 3.63) is 23.3 Å². The largest absolute Gasteiger partial charge is 0.383 e. The standard InChI is InChI=1S/C17H25NO2/c18-11-17(20)10-9-12-7-4-8-14(12)15(17)16(19)13-5-2-1-3-6-13/h9-10,13,15,20H,1-8,11,18H2. The fourth-order valence-corrected chi connectivity index (χ4v) is 4.18. The Kier molecular flexibility index (Phi) is 3.83. The first-order chi connectivity index (χ1) is 9.65. The van der Waals surface area contributed by atoms with Crippen LogP contribution in [0.3, 0.4) is 0 Å². The molecule has 0 aromatic heterocycles. The predicted molar refractivity (Wildman–Crippen MR) is 79.1 cm³/mol. The lowest BCUT2D eigenvalue weighted by atomic mass is 9.69. The van der Waals surface area contributed by atoms with E-state index in [1.165, 1.54) is 17.6 Å². The number of aliphatic hydroxyl groups is 1. The molecule has 1 saturated carbocycles. The molecule has 3 aliphatic carbocycles. The quantitative estimate of drug-likeness (QED) is 0.831. The van der Waals surface area contributed by atoms with Crippen molar-refractivity contribution in [2.75, 3.05) is 6.54 Å². The van der Waals surface area contributed by atoms with Crippen molar-refractivity contribution in [3.8, 4) is 0 Å². The Labute approximate surface area is 120 Å². The van der Waals surface area contributed by atoms with E-state index in [4.69, 9.17) is 5.73 Å². The maximum absolute atomic E-state index is 13.0. The van der Waals surface area contributed by atoms with Crippen LogP contribution in [-0.4, -0.2) is 23.0 Å². The molecule has 110 valence electrons. The molecule has 0 spiro atoms. The smallest absolute Gasteiger partial charge is 0.146 e. The lowest BCUT2D eigenvalue weighted by Gasteiger charge is -2.38.